The Morgan fingerprint density at radius 1 is 0.689 bits per heavy atom. The molecule has 0 bridgehead atoms. The summed E-state index contributed by atoms with van der Waals surface area (Å²) in [6, 6.07) is 0. The average molecular weight is 939 g/mol. The van der Waals surface area contributed by atoms with Crippen molar-refractivity contribution >= 4 is 31.3 Å². The first-order valence-corrected chi connectivity index (χ1v) is 27.1. The van der Waals surface area contributed by atoms with Crippen LogP contribution in [0.4, 0.5) is 0 Å². The van der Waals surface area contributed by atoms with Gasteiger partial charge >= 0.3 is 31.3 Å². The molecule has 2 fully saturated rings. The molecule has 0 aromatic heterocycles. The Hall–Kier alpha value is -1.46. The van der Waals surface area contributed by atoms with Gasteiger partial charge in [0.25, 0.3) is 0 Å². The van der Waals surface area contributed by atoms with Gasteiger partial charge in [0.15, 0.2) is 0 Å². The van der Waals surface area contributed by atoms with Crippen LogP contribution >= 0.6 is 31.3 Å². The van der Waals surface area contributed by atoms with E-state index in [0.717, 1.165) is 93.6 Å². The van der Waals surface area contributed by atoms with Gasteiger partial charge in [0, 0.05) is 0 Å². The van der Waals surface area contributed by atoms with Crippen molar-refractivity contribution in [1.29, 1.82) is 0 Å². The molecule has 0 saturated heterocycles. The van der Waals surface area contributed by atoms with E-state index < -0.39 is 31.3 Å². The van der Waals surface area contributed by atoms with Crippen LogP contribution in [-0.2, 0) is 40.5 Å². The highest BCUT2D eigenvalue weighted by Crippen LogP contribution is 2.64. The Morgan fingerprint density at radius 2 is 1.18 bits per heavy atom. The van der Waals surface area contributed by atoms with Crippen molar-refractivity contribution < 1.29 is 64.9 Å². The third-order valence-corrected chi connectivity index (χ3v) is 16.5. The standard InChI is InChI=1S/C43H74O14P4/c1-33(2)15-11-16-34(3)17-12-18-35(4)19-13-20-36(5)26-29-55-61(51,52)57-60(49,50)53-28-14-21-39-31-42(8,9)41-25-23-38(7)40(43(41,10)32-39)24-22-37(6)27-30-54-59(47,48)56-58(44,45)46/h14-15,17,19,26-28,39-41H,7,11-13,16,18,20-25,29-32H2,1-6,8-10H3,(H,47,48)(H,49,50)(H,51,52)(H2,44,45,46)/b28-14+,34-17+,35-19+,36-26+,37-27+/t39?,40-,41-,43+/m1/s1. The quantitative estimate of drug-likeness (QED) is 0.0310. The van der Waals surface area contributed by atoms with Gasteiger partial charge in [-0.1, -0.05) is 91.2 Å². The summed E-state index contributed by atoms with van der Waals surface area (Å²) in [6.45, 7) is 22.9. The molecular formula is C43H74O14P4. The Kier molecular flexibility index (Phi) is 22.6. The summed E-state index contributed by atoms with van der Waals surface area (Å²) in [5, 5.41) is 0. The van der Waals surface area contributed by atoms with Gasteiger partial charge in [0.2, 0.25) is 0 Å². The van der Waals surface area contributed by atoms with E-state index in [0.29, 0.717) is 18.8 Å². The minimum atomic E-state index is -5.21. The second kappa shape index (κ2) is 24.7. The van der Waals surface area contributed by atoms with Crippen LogP contribution in [0, 0.1) is 28.6 Å². The summed E-state index contributed by atoms with van der Waals surface area (Å²) in [5.74, 6) is 0.764. The number of fused-ring (bicyclic) bond motifs is 1. The Morgan fingerprint density at radius 3 is 1.70 bits per heavy atom. The van der Waals surface area contributed by atoms with Gasteiger partial charge in [-0.2, -0.15) is 8.62 Å². The van der Waals surface area contributed by atoms with Gasteiger partial charge in [0.05, 0.1) is 19.5 Å². The minimum Gasteiger partial charge on any atom is -0.412 e. The van der Waals surface area contributed by atoms with E-state index in [9.17, 15) is 32.9 Å². The monoisotopic (exact) mass is 938 g/mol. The van der Waals surface area contributed by atoms with Gasteiger partial charge < -0.3 is 24.1 Å². The summed E-state index contributed by atoms with van der Waals surface area (Å²) in [4.78, 5) is 47.6. The van der Waals surface area contributed by atoms with Crippen LogP contribution in [0.2, 0.25) is 0 Å². The molecule has 5 N–H and O–H groups in total. The molecule has 7 atom stereocenters. The normalized spacial score (nSPS) is 26.0. The van der Waals surface area contributed by atoms with Crippen LogP contribution in [0.5, 0.6) is 0 Å². The van der Waals surface area contributed by atoms with Crippen LogP contribution in [0.1, 0.15) is 146 Å². The zero-order valence-corrected chi connectivity index (χ0v) is 41.4. The van der Waals surface area contributed by atoms with Crippen molar-refractivity contribution in [2.75, 3.05) is 13.2 Å². The number of rotatable bonds is 26. The molecule has 0 aromatic rings. The first-order valence-electron chi connectivity index (χ1n) is 21.1. The van der Waals surface area contributed by atoms with Crippen LogP contribution in [-0.4, -0.2) is 37.7 Å². The second-order valence-corrected chi connectivity index (χ2v) is 23.9. The van der Waals surface area contributed by atoms with Gasteiger partial charge in [-0.05, 0) is 160 Å². The number of allylic oxidation sites excluding steroid dienone is 10. The number of phosphoric ester groups is 3. The van der Waals surface area contributed by atoms with Gasteiger partial charge in [0.1, 0.15) is 0 Å². The maximum atomic E-state index is 12.6. The molecule has 0 heterocycles. The molecule has 2 saturated carbocycles. The van der Waals surface area contributed by atoms with E-state index in [1.54, 1.807) is 18.2 Å². The smallest absolute Gasteiger partial charge is 0.412 e. The Balaban J connectivity index is 1.89. The van der Waals surface area contributed by atoms with Crippen LogP contribution in [0.3, 0.4) is 0 Å². The molecule has 2 aliphatic rings. The van der Waals surface area contributed by atoms with Crippen molar-refractivity contribution in [2.24, 2.45) is 28.6 Å². The zero-order chi connectivity index (χ0) is 46.3. The molecule has 0 amide bonds. The molecule has 18 heteroatoms. The summed E-state index contributed by atoms with van der Waals surface area (Å²) in [5.41, 5.74) is 6.86. The number of phosphoric acid groups is 4. The first kappa shape index (κ1) is 55.7. The molecule has 0 aliphatic heterocycles. The fourth-order valence-electron chi connectivity index (χ4n) is 9.10. The molecule has 2 rings (SSSR count). The van der Waals surface area contributed by atoms with Crippen molar-refractivity contribution in [3.05, 3.63) is 82.7 Å². The van der Waals surface area contributed by atoms with Gasteiger partial charge in [-0.3, -0.25) is 13.9 Å². The zero-order valence-electron chi connectivity index (χ0n) is 37.8. The largest absolute Gasteiger partial charge is 0.535 e. The van der Waals surface area contributed by atoms with E-state index in [4.69, 9.17) is 23.4 Å². The molecule has 14 nitrogen and oxygen atoms in total. The third kappa shape index (κ3) is 21.9. The first-order chi connectivity index (χ1) is 28.0. The summed E-state index contributed by atoms with van der Waals surface area (Å²) in [6.07, 6.45) is 23.9. The lowest BCUT2D eigenvalue weighted by atomic mass is 9.45. The highest BCUT2D eigenvalue weighted by Gasteiger charge is 2.54. The molecule has 0 radical (unpaired) electrons. The SMILES string of the molecule is C=C1CC[C@@H]2C(C)(C)CC(C/C=C/OP(=O)(O)OP(=O)(O)OC/C=C(\C)CC/C=C(\C)CC/C=C(\C)CCC=C(C)C)C[C@@]2(C)[C@@H]1CC/C(C)=C/COP(=O)(O)OP(=O)(O)O. The predicted molar refractivity (Wildman–Crippen MR) is 242 cm³/mol. The molecular weight excluding hydrogens is 864 g/mol. The van der Waals surface area contributed by atoms with E-state index in [1.807, 2.05) is 13.8 Å². The molecule has 2 aliphatic carbocycles. The summed E-state index contributed by atoms with van der Waals surface area (Å²) < 4.78 is 70.8. The second-order valence-electron chi connectivity index (χ2n) is 18.1. The van der Waals surface area contributed by atoms with Gasteiger partial charge in [-0.15, -0.1) is 0 Å². The molecule has 4 unspecified atom stereocenters. The lowest BCUT2D eigenvalue weighted by Gasteiger charge is -2.60. The van der Waals surface area contributed by atoms with E-state index in [2.05, 4.69) is 81.9 Å². The highest BCUT2D eigenvalue weighted by molar-refractivity contribution is 7.61. The molecule has 0 aromatic carbocycles. The minimum absolute atomic E-state index is 0.0220. The van der Waals surface area contributed by atoms with Crippen LogP contribution in [0.25, 0.3) is 0 Å². The van der Waals surface area contributed by atoms with E-state index >= 15 is 0 Å². The third-order valence-electron chi connectivity index (χ3n) is 11.8. The van der Waals surface area contributed by atoms with E-state index in [1.165, 1.54) is 16.7 Å². The fraction of sp³-hybridized carbons (Fsp3) is 0.674. The van der Waals surface area contributed by atoms with Crippen LogP contribution in [0.15, 0.2) is 82.7 Å². The van der Waals surface area contributed by atoms with E-state index in [-0.39, 0.29) is 35.9 Å². The van der Waals surface area contributed by atoms with Crippen molar-refractivity contribution in [1.82, 2.24) is 0 Å². The Labute approximate surface area is 365 Å². The predicted octanol–water partition coefficient (Wildman–Crippen LogP) is 13.3. The topological polar surface area (TPSA) is 216 Å². The Bertz CT molecular complexity index is 1850. The lowest BCUT2D eigenvalue weighted by molar-refractivity contribution is -0.0781. The van der Waals surface area contributed by atoms with Crippen molar-refractivity contribution in [3.63, 3.8) is 0 Å². The maximum Gasteiger partial charge on any atom is 0.535 e. The van der Waals surface area contributed by atoms with Gasteiger partial charge in [-0.25, -0.2) is 18.3 Å². The van der Waals surface area contributed by atoms with Crippen molar-refractivity contribution in [2.45, 2.75) is 146 Å². The molecule has 0 spiro atoms. The fourth-order valence-corrected chi connectivity index (χ4v) is 12.5. The van der Waals surface area contributed by atoms with Crippen molar-refractivity contribution in [3.8, 4) is 0 Å². The number of hydrogen-bond donors (Lipinski definition) is 5. The molecule has 350 valence electrons. The lowest BCUT2D eigenvalue weighted by Crippen LogP contribution is -2.51. The number of hydrogen-bond acceptors (Lipinski definition) is 9. The molecule has 61 heavy (non-hydrogen) atoms. The highest BCUT2D eigenvalue weighted by atomic mass is 31.3. The summed E-state index contributed by atoms with van der Waals surface area (Å²) in [7, 11) is -20.1. The summed E-state index contributed by atoms with van der Waals surface area (Å²) >= 11 is 0. The maximum absolute atomic E-state index is 12.6. The van der Waals surface area contributed by atoms with Crippen LogP contribution < -0.4 is 0 Å². The average Bonchev–Trinajstić information content (AvgIpc) is 3.07.